The van der Waals surface area contributed by atoms with Crippen molar-refractivity contribution in [3.05, 3.63) is 47.7 Å². The molecular weight excluding hydrogens is 346 g/mol. The molecule has 1 aromatic carbocycles. The first-order chi connectivity index (χ1) is 12.7. The predicted octanol–water partition coefficient (Wildman–Crippen LogP) is 3.74. The van der Waals surface area contributed by atoms with Crippen molar-refractivity contribution < 1.29 is 4.79 Å². The number of benzene rings is 1. The van der Waals surface area contributed by atoms with Crippen LogP contribution in [0.4, 0.5) is 16.2 Å². The van der Waals surface area contributed by atoms with E-state index >= 15 is 0 Å². The molecule has 0 bridgehead atoms. The summed E-state index contributed by atoms with van der Waals surface area (Å²) in [6.45, 7) is 5.22. The second-order valence-corrected chi connectivity index (χ2v) is 7.33. The van der Waals surface area contributed by atoms with Crippen LogP contribution in [0.1, 0.15) is 12.1 Å². The smallest absolute Gasteiger partial charge is 0.321 e. The fourth-order valence-electron chi connectivity index (χ4n) is 3.24. The Balaban J connectivity index is 1.40. The molecule has 3 aromatic rings. The SMILES string of the molecule is Cc1cc(N2CCCN(C(=O)Nc3ccc4scnc4c3)CC2)ccn1. The first-order valence-corrected chi connectivity index (χ1v) is 9.64. The van der Waals surface area contributed by atoms with Gasteiger partial charge in [-0.1, -0.05) is 0 Å². The van der Waals surface area contributed by atoms with E-state index in [9.17, 15) is 4.79 Å². The predicted molar refractivity (Wildman–Crippen MR) is 106 cm³/mol. The second kappa shape index (κ2) is 7.29. The standard InChI is InChI=1S/C19H21N5OS/c1-14-11-16(5-6-20-14)23-7-2-8-24(10-9-23)19(25)22-15-3-4-18-17(12-15)21-13-26-18/h3-6,11-13H,2,7-10H2,1H3,(H,22,25). The van der Waals surface area contributed by atoms with Gasteiger partial charge in [-0.15, -0.1) is 11.3 Å². The molecule has 1 aliphatic rings. The van der Waals surface area contributed by atoms with Gasteiger partial charge in [-0.3, -0.25) is 4.98 Å². The normalized spacial score (nSPS) is 15.1. The van der Waals surface area contributed by atoms with Gasteiger partial charge >= 0.3 is 6.03 Å². The summed E-state index contributed by atoms with van der Waals surface area (Å²) >= 11 is 1.60. The molecule has 0 radical (unpaired) electrons. The number of hydrogen-bond acceptors (Lipinski definition) is 5. The number of urea groups is 1. The zero-order chi connectivity index (χ0) is 17.9. The van der Waals surface area contributed by atoms with Gasteiger partial charge in [0.05, 0.1) is 15.7 Å². The van der Waals surface area contributed by atoms with E-state index in [1.165, 1.54) is 5.69 Å². The van der Waals surface area contributed by atoms with Crippen LogP contribution in [-0.4, -0.2) is 47.1 Å². The maximum absolute atomic E-state index is 12.7. The highest BCUT2D eigenvalue weighted by molar-refractivity contribution is 7.16. The van der Waals surface area contributed by atoms with Crippen LogP contribution < -0.4 is 10.2 Å². The van der Waals surface area contributed by atoms with E-state index in [1.54, 1.807) is 11.3 Å². The highest BCUT2D eigenvalue weighted by Crippen LogP contribution is 2.22. The van der Waals surface area contributed by atoms with Crippen molar-refractivity contribution in [2.45, 2.75) is 13.3 Å². The first-order valence-electron chi connectivity index (χ1n) is 8.76. The third-order valence-electron chi connectivity index (χ3n) is 4.61. The summed E-state index contributed by atoms with van der Waals surface area (Å²) in [5.41, 5.74) is 5.72. The molecule has 1 N–H and O–H groups in total. The lowest BCUT2D eigenvalue weighted by Crippen LogP contribution is -2.38. The van der Waals surface area contributed by atoms with Crippen LogP contribution in [0.15, 0.2) is 42.0 Å². The van der Waals surface area contributed by atoms with Crippen molar-refractivity contribution in [3.63, 3.8) is 0 Å². The van der Waals surface area contributed by atoms with Crippen LogP contribution in [0.3, 0.4) is 0 Å². The van der Waals surface area contributed by atoms with Gasteiger partial charge in [0, 0.05) is 49.4 Å². The summed E-state index contributed by atoms with van der Waals surface area (Å²) in [7, 11) is 0. The quantitative estimate of drug-likeness (QED) is 0.749. The lowest BCUT2D eigenvalue weighted by atomic mass is 10.3. The molecule has 1 saturated heterocycles. The van der Waals surface area contributed by atoms with Crippen molar-refractivity contribution in [2.75, 3.05) is 36.4 Å². The van der Waals surface area contributed by atoms with Crippen molar-refractivity contribution in [1.82, 2.24) is 14.9 Å². The minimum Gasteiger partial charge on any atom is -0.370 e. The Morgan fingerprint density at radius 3 is 2.92 bits per heavy atom. The minimum absolute atomic E-state index is 0.0488. The number of fused-ring (bicyclic) bond motifs is 1. The molecule has 0 atom stereocenters. The number of pyridine rings is 1. The largest absolute Gasteiger partial charge is 0.370 e. The molecule has 0 saturated carbocycles. The zero-order valence-corrected chi connectivity index (χ0v) is 15.5. The highest BCUT2D eigenvalue weighted by Gasteiger charge is 2.19. The number of nitrogens with zero attached hydrogens (tertiary/aromatic N) is 4. The van der Waals surface area contributed by atoms with E-state index in [1.807, 2.05) is 47.8 Å². The van der Waals surface area contributed by atoms with Gasteiger partial charge in [-0.25, -0.2) is 9.78 Å². The molecule has 26 heavy (non-hydrogen) atoms. The van der Waals surface area contributed by atoms with Crippen molar-refractivity contribution >= 4 is 39.0 Å². The van der Waals surface area contributed by atoms with Gasteiger partial charge < -0.3 is 15.1 Å². The number of carbonyl (C=O) groups is 1. The third kappa shape index (κ3) is 3.62. The van der Waals surface area contributed by atoms with Crippen LogP contribution in [0, 0.1) is 6.92 Å². The molecule has 0 aliphatic carbocycles. The number of amides is 2. The molecule has 134 valence electrons. The summed E-state index contributed by atoms with van der Waals surface area (Å²) in [5, 5.41) is 3.01. The van der Waals surface area contributed by atoms with Crippen LogP contribution in [-0.2, 0) is 0 Å². The van der Waals surface area contributed by atoms with E-state index in [-0.39, 0.29) is 6.03 Å². The van der Waals surface area contributed by atoms with E-state index in [0.29, 0.717) is 6.54 Å². The summed E-state index contributed by atoms with van der Waals surface area (Å²) in [5.74, 6) is 0. The molecule has 6 nitrogen and oxygen atoms in total. The van der Waals surface area contributed by atoms with E-state index in [4.69, 9.17) is 0 Å². The maximum atomic E-state index is 12.7. The van der Waals surface area contributed by atoms with E-state index < -0.39 is 0 Å². The minimum atomic E-state index is -0.0488. The van der Waals surface area contributed by atoms with Crippen LogP contribution in [0.5, 0.6) is 0 Å². The molecule has 0 spiro atoms. The van der Waals surface area contributed by atoms with Crippen molar-refractivity contribution in [2.24, 2.45) is 0 Å². The number of carbonyl (C=O) groups excluding carboxylic acids is 1. The van der Waals surface area contributed by atoms with Gasteiger partial charge in [-0.05, 0) is 43.7 Å². The second-order valence-electron chi connectivity index (χ2n) is 6.45. The summed E-state index contributed by atoms with van der Waals surface area (Å²) in [6.07, 6.45) is 2.79. The summed E-state index contributed by atoms with van der Waals surface area (Å²) in [4.78, 5) is 25.4. The van der Waals surface area contributed by atoms with Crippen LogP contribution in [0.2, 0.25) is 0 Å². The molecule has 1 aliphatic heterocycles. The number of aromatic nitrogens is 2. The molecular formula is C19H21N5OS. The molecule has 0 unspecified atom stereocenters. The molecule has 2 amide bonds. The zero-order valence-electron chi connectivity index (χ0n) is 14.7. The average molecular weight is 367 g/mol. The molecule has 2 aromatic heterocycles. The van der Waals surface area contributed by atoms with Gasteiger partial charge in [-0.2, -0.15) is 0 Å². The highest BCUT2D eigenvalue weighted by atomic mass is 32.1. The summed E-state index contributed by atoms with van der Waals surface area (Å²) in [6, 6.07) is 9.94. The van der Waals surface area contributed by atoms with Gasteiger partial charge in [0.15, 0.2) is 0 Å². The topological polar surface area (TPSA) is 61.4 Å². The third-order valence-corrected chi connectivity index (χ3v) is 5.42. The average Bonchev–Trinajstić information content (AvgIpc) is 2.96. The number of nitrogens with one attached hydrogen (secondary N) is 1. The van der Waals surface area contributed by atoms with Gasteiger partial charge in [0.2, 0.25) is 0 Å². The van der Waals surface area contributed by atoms with E-state index in [0.717, 1.165) is 47.7 Å². The fraction of sp³-hybridized carbons (Fsp3) is 0.316. The number of thiazole rings is 1. The van der Waals surface area contributed by atoms with Crippen LogP contribution in [0.25, 0.3) is 10.2 Å². The van der Waals surface area contributed by atoms with Crippen molar-refractivity contribution in [1.29, 1.82) is 0 Å². The number of aryl methyl sites for hydroxylation is 1. The summed E-state index contributed by atoms with van der Waals surface area (Å²) < 4.78 is 1.13. The molecule has 3 heterocycles. The maximum Gasteiger partial charge on any atom is 0.321 e. The van der Waals surface area contributed by atoms with Gasteiger partial charge in [0.25, 0.3) is 0 Å². The lowest BCUT2D eigenvalue weighted by Gasteiger charge is -2.24. The van der Waals surface area contributed by atoms with Crippen molar-refractivity contribution in [3.8, 4) is 0 Å². The molecule has 7 heteroatoms. The Labute approximate surface area is 156 Å². The number of hydrogen-bond donors (Lipinski definition) is 1. The Morgan fingerprint density at radius 1 is 1.12 bits per heavy atom. The number of anilines is 2. The Morgan fingerprint density at radius 2 is 2.04 bits per heavy atom. The van der Waals surface area contributed by atoms with Crippen LogP contribution >= 0.6 is 11.3 Å². The lowest BCUT2D eigenvalue weighted by molar-refractivity contribution is 0.215. The Hall–Kier alpha value is -2.67. The van der Waals surface area contributed by atoms with E-state index in [2.05, 4.69) is 26.3 Å². The fourth-order valence-corrected chi connectivity index (χ4v) is 3.90. The molecule has 1 fully saturated rings. The Kier molecular flexibility index (Phi) is 4.71. The Bertz CT molecular complexity index is 925. The van der Waals surface area contributed by atoms with Gasteiger partial charge in [0.1, 0.15) is 0 Å². The monoisotopic (exact) mass is 367 g/mol. The first kappa shape index (κ1) is 16.8. The number of rotatable bonds is 2. The molecule has 4 rings (SSSR count).